The Morgan fingerprint density at radius 2 is 1.75 bits per heavy atom. The van der Waals surface area contributed by atoms with Crippen LogP contribution in [0.25, 0.3) is 0 Å². The molecule has 2 aromatic carbocycles. The average Bonchev–Trinajstić information content (AvgIpc) is 2.41. The molecule has 0 aliphatic rings. The van der Waals surface area contributed by atoms with Gasteiger partial charge in [0.2, 0.25) is 0 Å². The maximum absolute atomic E-state index is 11.5. The number of benzene rings is 2. The number of aryl methyl sites for hydroxylation is 1. The first-order chi connectivity index (χ1) is 9.47. The summed E-state index contributed by atoms with van der Waals surface area (Å²) >= 11 is 11.8. The zero-order valence-electron chi connectivity index (χ0n) is 10.9. The molecule has 20 heavy (non-hydrogen) atoms. The van der Waals surface area contributed by atoms with Crippen molar-refractivity contribution in [3.05, 3.63) is 69.2 Å². The molecule has 0 aliphatic heterocycles. The highest BCUT2D eigenvalue weighted by molar-refractivity contribution is 6.42. The highest BCUT2D eigenvalue weighted by Gasteiger charge is 2.20. The Bertz CT molecular complexity index is 621. The van der Waals surface area contributed by atoms with Crippen LogP contribution in [-0.4, -0.2) is 11.1 Å². The summed E-state index contributed by atoms with van der Waals surface area (Å²) in [5, 5.41) is 10.3. The molecule has 0 saturated carbocycles. The van der Waals surface area contributed by atoms with Gasteiger partial charge in [0, 0.05) is 0 Å². The van der Waals surface area contributed by atoms with Crippen molar-refractivity contribution < 1.29 is 9.90 Å². The van der Waals surface area contributed by atoms with Gasteiger partial charge >= 0.3 is 5.97 Å². The van der Waals surface area contributed by atoms with Crippen molar-refractivity contribution in [2.24, 2.45) is 0 Å². The average molecular weight is 309 g/mol. The number of hydrogen-bond donors (Lipinski definition) is 1. The van der Waals surface area contributed by atoms with Gasteiger partial charge in [0.1, 0.15) is 0 Å². The lowest BCUT2D eigenvalue weighted by molar-refractivity contribution is -0.138. The van der Waals surface area contributed by atoms with Crippen molar-refractivity contribution in [2.45, 2.75) is 19.3 Å². The second-order valence-corrected chi connectivity index (χ2v) is 5.57. The fourth-order valence-corrected chi connectivity index (χ4v) is 2.37. The van der Waals surface area contributed by atoms with E-state index in [-0.39, 0.29) is 0 Å². The number of aliphatic carboxylic acids is 1. The smallest absolute Gasteiger partial charge is 0.311 e. The first kappa shape index (κ1) is 14.9. The van der Waals surface area contributed by atoms with Crippen LogP contribution in [-0.2, 0) is 11.2 Å². The highest BCUT2D eigenvalue weighted by Crippen LogP contribution is 2.27. The van der Waals surface area contributed by atoms with Gasteiger partial charge in [0.15, 0.2) is 0 Å². The van der Waals surface area contributed by atoms with E-state index in [1.165, 1.54) is 0 Å². The molecule has 2 aromatic rings. The van der Waals surface area contributed by atoms with Crippen molar-refractivity contribution in [3.8, 4) is 0 Å². The van der Waals surface area contributed by atoms with Gasteiger partial charge in [-0.2, -0.15) is 0 Å². The second-order valence-electron chi connectivity index (χ2n) is 4.75. The van der Waals surface area contributed by atoms with Crippen molar-refractivity contribution in [2.75, 3.05) is 0 Å². The molecule has 0 heterocycles. The molecule has 0 aromatic heterocycles. The molecular weight excluding hydrogens is 295 g/mol. The molecule has 1 N–H and O–H groups in total. The van der Waals surface area contributed by atoms with Crippen LogP contribution in [0, 0.1) is 6.92 Å². The number of carbonyl (C=O) groups is 1. The molecule has 0 amide bonds. The van der Waals surface area contributed by atoms with Crippen molar-refractivity contribution in [3.63, 3.8) is 0 Å². The summed E-state index contributed by atoms with van der Waals surface area (Å²) in [7, 11) is 0. The SMILES string of the molecule is Cc1ccc(C(Cc2ccc(Cl)c(Cl)c2)C(=O)O)cc1. The zero-order chi connectivity index (χ0) is 14.7. The van der Waals surface area contributed by atoms with Crippen LogP contribution in [0.4, 0.5) is 0 Å². The summed E-state index contributed by atoms with van der Waals surface area (Å²) in [5.74, 6) is -1.44. The van der Waals surface area contributed by atoms with Crippen LogP contribution in [0.5, 0.6) is 0 Å². The number of carboxylic acids is 1. The summed E-state index contributed by atoms with van der Waals surface area (Å²) < 4.78 is 0. The van der Waals surface area contributed by atoms with E-state index in [9.17, 15) is 9.90 Å². The quantitative estimate of drug-likeness (QED) is 0.888. The van der Waals surface area contributed by atoms with E-state index in [1.54, 1.807) is 18.2 Å². The van der Waals surface area contributed by atoms with Gasteiger partial charge in [-0.25, -0.2) is 0 Å². The minimum absolute atomic E-state index is 0.384. The lowest BCUT2D eigenvalue weighted by Crippen LogP contribution is -2.14. The standard InChI is InChI=1S/C16H14Cl2O2/c1-10-2-5-12(6-3-10)13(16(19)20)8-11-4-7-14(17)15(18)9-11/h2-7,9,13H,8H2,1H3,(H,19,20). The summed E-state index contributed by atoms with van der Waals surface area (Å²) in [6.07, 6.45) is 0.384. The Labute approximate surface area is 128 Å². The topological polar surface area (TPSA) is 37.3 Å². The lowest BCUT2D eigenvalue weighted by Gasteiger charge is -2.13. The lowest BCUT2D eigenvalue weighted by atomic mass is 9.91. The van der Waals surface area contributed by atoms with Crippen molar-refractivity contribution >= 4 is 29.2 Å². The molecule has 0 bridgehead atoms. The summed E-state index contributed by atoms with van der Waals surface area (Å²) in [4.78, 5) is 11.5. The molecule has 1 atom stereocenters. The van der Waals surface area contributed by atoms with Gasteiger partial charge in [0.05, 0.1) is 16.0 Å². The maximum Gasteiger partial charge on any atom is 0.311 e. The van der Waals surface area contributed by atoms with E-state index in [1.807, 2.05) is 31.2 Å². The Balaban J connectivity index is 2.27. The number of rotatable bonds is 4. The van der Waals surface area contributed by atoms with Gasteiger partial charge in [-0.3, -0.25) is 4.79 Å². The summed E-state index contributed by atoms with van der Waals surface area (Å²) in [6, 6.07) is 12.7. The minimum Gasteiger partial charge on any atom is -0.481 e. The van der Waals surface area contributed by atoms with Gasteiger partial charge in [0.25, 0.3) is 0 Å². The Kier molecular flexibility index (Phi) is 4.69. The van der Waals surface area contributed by atoms with Crippen LogP contribution in [0.2, 0.25) is 10.0 Å². The monoisotopic (exact) mass is 308 g/mol. The van der Waals surface area contributed by atoms with E-state index in [4.69, 9.17) is 23.2 Å². The second kappa shape index (κ2) is 6.29. The third-order valence-corrected chi connectivity index (χ3v) is 3.94. The van der Waals surface area contributed by atoms with Gasteiger partial charge in [-0.05, 0) is 36.6 Å². The van der Waals surface area contributed by atoms with Crippen LogP contribution in [0.3, 0.4) is 0 Å². The van der Waals surface area contributed by atoms with Gasteiger partial charge in [-0.1, -0.05) is 59.1 Å². The normalized spacial score (nSPS) is 12.2. The predicted molar refractivity (Wildman–Crippen MR) is 81.7 cm³/mol. The fourth-order valence-electron chi connectivity index (χ4n) is 2.05. The molecule has 0 saturated heterocycles. The van der Waals surface area contributed by atoms with E-state index >= 15 is 0 Å². The van der Waals surface area contributed by atoms with Crippen LogP contribution >= 0.6 is 23.2 Å². The molecule has 4 heteroatoms. The molecule has 0 aliphatic carbocycles. The molecular formula is C16H14Cl2O2. The maximum atomic E-state index is 11.5. The van der Waals surface area contributed by atoms with E-state index < -0.39 is 11.9 Å². The summed E-state index contributed by atoms with van der Waals surface area (Å²) in [6.45, 7) is 1.97. The molecule has 104 valence electrons. The number of halogens is 2. The molecule has 2 rings (SSSR count). The van der Waals surface area contributed by atoms with Gasteiger partial charge < -0.3 is 5.11 Å². The molecule has 0 spiro atoms. The van der Waals surface area contributed by atoms with Crippen LogP contribution in [0.1, 0.15) is 22.6 Å². The number of hydrogen-bond acceptors (Lipinski definition) is 1. The highest BCUT2D eigenvalue weighted by atomic mass is 35.5. The molecule has 2 nitrogen and oxygen atoms in total. The zero-order valence-corrected chi connectivity index (χ0v) is 12.4. The minimum atomic E-state index is -0.847. The first-order valence-corrected chi connectivity index (χ1v) is 6.96. The fraction of sp³-hybridized carbons (Fsp3) is 0.188. The van der Waals surface area contributed by atoms with Gasteiger partial charge in [-0.15, -0.1) is 0 Å². The third-order valence-electron chi connectivity index (χ3n) is 3.20. The Morgan fingerprint density at radius 1 is 1.10 bits per heavy atom. The molecule has 1 unspecified atom stereocenters. The Morgan fingerprint density at radius 3 is 2.30 bits per heavy atom. The van der Waals surface area contributed by atoms with Crippen molar-refractivity contribution in [1.82, 2.24) is 0 Å². The van der Waals surface area contributed by atoms with E-state index in [0.29, 0.717) is 16.5 Å². The van der Waals surface area contributed by atoms with E-state index in [0.717, 1.165) is 16.7 Å². The molecule has 0 fully saturated rings. The largest absolute Gasteiger partial charge is 0.481 e. The number of carboxylic acid groups (broad SMARTS) is 1. The predicted octanol–water partition coefficient (Wildman–Crippen LogP) is 4.71. The third kappa shape index (κ3) is 3.53. The summed E-state index contributed by atoms with van der Waals surface area (Å²) in [5.41, 5.74) is 2.74. The van der Waals surface area contributed by atoms with Crippen molar-refractivity contribution in [1.29, 1.82) is 0 Å². The first-order valence-electron chi connectivity index (χ1n) is 6.20. The van der Waals surface area contributed by atoms with Crippen LogP contribution in [0.15, 0.2) is 42.5 Å². The Hall–Kier alpha value is -1.51. The van der Waals surface area contributed by atoms with E-state index in [2.05, 4.69) is 0 Å². The van der Waals surface area contributed by atoms with Crippen LogP contribution < -0.4 is 0 Å². The molecule has 0 radical (unpaired) electrons.